The molecule has 0 aliphatic rings. The van der Waals surface area contributed by atoms with E-state index in [9.17, 15) is 5.11 Å². The minimum absolute atomic E-state index is 0.504. The van der Waals surface area contributed by atoms with E-state index in [0.717, 1.165) is 23.3 Å². The topological polar surface area (TPSA) is 46.3 Å². The largest absolute Gasteiger partial charge is 0.469 e. The fraction of sp³-hybridized carbons (Fsp3) is 0.308. The molecule has 0 saturated carbocycles. The zero-order chi connectivity index (χ0) is 11.4. The third kappa shape index (κ3) is 2.31. The van der Waals surface area contributed by atoms with Gasteiger partial charge in [0.15, 0.2) is 0 Å². The summed E-state index contributed by atoms with van der Waals surface area (Å²) in [5, 5.41) is 10.1. The summed E-state index contributed by atoms with van der Waals surface area (Å²) in [4.78, 5) is 4.06. The zero-order valence-corrected chi connectivity index (χ0v) is 9.26. The minimum Gasteiger partial charge on any atom is -0.469 e. The van der Waals surface area contributed by atoms with Crippen LogP contribution in [-0.2, 0) is 12.8 Å². The van der Waals surface area contributed by atoms with E-state index in [1.165, 1.54) is 0 Å². The van der Waals surface area contributed by atoms with Gasteiger partial charge < -0.3 is 9.52 Å². The van der Waals surface area contributed by atoms with Crippen molar-refractivity contribution in [1.82, 2.24) is 4.98 Å². The predicted octanol–water partition coefficient (Wildman–Crippen LogP) is 2.51. The number of hydrogen-bond donors (Lipinski definition) is 1. The molecule has 2 aromatic rings. The molecular formula is C13H15NO2. The van der Waals surface area contributed by atoms with Crippen LogP contribution in [0.25, 0.3) is 0 Å². The third-order valence-corrected chi connectivity index (χ3v) is 2.66. The number of pyridine rings is 1. The third-order valence-electron chi connectivity index (χ3n) is 2.66. The van der Waals surface area contributed by atoms with Crippen LogP contribution in [0.3, 0.4) is 0 Å². The van der Waals surface area contributed by atoms with Gasteiger partial charge in [0.1, 0.15) is 5.76 Å². The van der Waals surface area contributed by atoms with Gasteiger partial charge in [-0.2, -0.15) is 0 Å². The number of aliphatic hydroxyl groups excluding tert-OH is 1. The van der Waals surface area contributed by atoms with Crippen LogP contribution in [0.2, 0.25) is 0 Å². The number of hydrogen-bond acceptors (Lipinski definition) is 3. The van der Waals surface area contributed by atoms with Crippen LogP contribution >= 0.6 is 0 Å². The number of aliphatic hydroxyl groups is 1. The Balaban J connectivity index is 2.17. The Morgan fingerprint density at radius 1 is 1.44 bits per heavy atom. The highest BCUT2D eigenvalue weighted by atomic mass is 16.3. The van der Waals surface area contributed by atoms with Gasteiger partial charge in [0.2, 0.25) is 0 Å². The molecule has 1 unspecified atom stereocenters. The van der Waals surface area contributed by atoms with E-state index in [1.807, 2.05) is 18.2 Å². The molecule has 2 rings (SSSR count). The van der Waals surface area contributed by atoms with E-state index in [1.54, 1.807) is 18.7 Å². The zero-order valence-electron chi connectivity index (χ0n) is 9.26. The second-order valence-corrected chi connectivity index (χ2v) is 3.73. The Morgan fingerprint density at radius 3 is 3.00 bits per heavy atom. The average Bonchev–Trinajstić information content (AvgIpc) is 2.81. The number of rotatable bonds is 4. The van der Waals surface area contributed by atoms with Crippen molar-refractivity contribution < 1.29 is 9.52 Å². The van der Waals surface area contributed by atoms with Crippen molar-refractivity contribution in [1.29, 1.82) is 0 Å². The molecule has 2 heterocycles. The fourth-order valence-electron chi connectivity index (χ4n) is 1.79. The summed E-state index contributed by atoms with van der Waals surface area (Å²) in [6, 6.07) is 5.57. The summed E-state index contributed by atoms with van der Waals surface area (Å²) in [6.45, 7) is 2.06. The quantitative estimate of drug-likeness (QED) is 0.855. The van der Waals surface area contributed by atoms with Gasteiger partial charge in [-0.05, 0) is 35.7 Å². The lowest BCUT2D eigenvalue weighted by Gasteiger charge is -2.12. The summed E-state index contributed by atoms with van der Waals surface area (Å²) in [6.07, 6.45) is 5.99. The molecule has 1 atom stereocenters. The van der Waals surface area contributed by atoms with E-state index in [4.69, 9.17) is 4.42 Å². The molecule has 84 valence electrons. The highest BCUT2D eigenvalue weighted by Crippen LogP contribution is 2.21. The van der Waals surface area contributed by atoms with Crippen molar-refractivity contribution in [2.24, 2.45) is 0 Å². The van der Waals surface area contributed by atoms with Gasteiger partial charge in [-0.3, -0.25) is 4.98 Å². The molecule has 0 bridgehead atoms. The molecule has 3 nitrogen and oxygen atoms in total. The molecule has 0 fully saturated rings. The maximum atomic E-state index is 10.1. The molecule has 0 saturated heterocycles. The Hall–Kier alpha value is -1.61. The molecular weight excluding hydrogens is 202 g/mol. The molecule has 3 heteroatoms. The smallest absolute Gasteiger partial charge is 0.106 e. The first-order valence-corrected chi connectivity index (χ1v) is 5.44. The summed E-state index contributed by atoms with van der Waals surface area (Å²) >= 11 is 0. The average molecular weight is 217 g/mol. The lowest BCUT2D eigenvalue weighted by atomic mass is 10.00. The number of furan rings is 1. The molecule has 0 aromatic carbocycles. The second kappa shape index (κ2) is 4.94. The van der Waals surface area contributed by atoms with E-state index >= 15 is 0 Å². The van der Waals surface area contributed by atoms with Gasteiger partial charge in [-0.1, -0.05) is 6.92 Å². The predicted molar refractivity (Wildman–Crippen MR) is 61.0 cm³/mol. The van der Waals surface area contributed by atoms with Gasteiger partial charge >= 0.3 is 0 Å². The molecule has 1 N–H and O–H groups in total. The van der Waals surface area contributed by atoms with Crippen molar-refractivity contribution in [3.8, 4) is 0 Å². The van der Waals surface area contributed by atoms with E-state index in [-0.39, 0.29) is 0 Å². The molecule has 16 heavy (non-hydrogen) atoms. The van der Waals surface area contributed by atoms with Gasteiger partial charge in [0.05, 0.1) is 12.4 Å². The SMILES string of the molecule is CCc1cnccc1C(O)Cc1ccco1. The van der Waals surface area contributed by atoms with Crippen molar-refractivity contribution in [3.05, 3.63) is 53.7 Å². The van der Waals surface area contributed by atoms with Crippen molar-refractivity contribution >= 4 is 0 Å². The Kier molecular flexibility index (Phi) is 3.37. The highest BCUT2D eigenvalue weighted by molar-refractivity contribution is 5.26. The van der Waals surface area contributed by atoms with Crippen LogP contribution in [0.5, 0.6) is 0 Å². The second-order valence-electron chi connectivity index (χ2n) is 3.73. The van der Waals surface area contributed by atoms with E-state index in [2.05, 4.69) is 11.9 Å². The van der Waals surface area contributed by atoms with E-state index < -0.39 is 6.10 Å². The van der Waals surface area contributed by atoms with E-state index in [0.29, 0.717) is 6.42 Å². The minimum atomic E-state index is -0.524. The van der Waals surface area contributed by atoms with Crippen LogP contribution in [0.4, 0.5) is 0 Å². The lowest BCUT2D eigenvalue weighted by Crippen LogP contribution is -2.05. The van der Waals surface area contributed by atoms with Crippen molar-refractivity contribution in [2.75, 3.05) is 0 Å². The first-order valence-electron chi connectivity index (χ1n) is 5.44. The molecule has 0 spiro atoms. The summed E-state index contributed by atoms with van der Waals surface area (Å²) in [5.41, 5.74) is 2.02. The number of nitrogens with zero attached hydrogens (tertiary/aromatic N) is 1. The maximum absolute atomic E-state index is 10.1. The van der Waals surface area contributed by atoms with Crippen molar-refractivity contribution in [3.63, 3.8) is 0 Å². The van der Waals surface area contributed by atoms with Crippen LogP contribution in [-0.4, -0.2) is 10.1 Å². The number of aromatic nitrogens is 1. The fourth-order valence-corrected chi connectivity index (χ4v) is 1.79. The molecule has 0 amide bonds. The van der Waals surface area contributed by atoms with Crippen molar-refractivity contribution in [2.45, 2.75) is 25.9 Å². The van der Waals surface area contributed by atoms with Crippen LogP contribution in [0, 0.1) is 0 Å². The number of aryl methyl sites for hydroxylation is 1. The van der Waals surface area contributed by atoms with Crippen LogP contribution in [0.15, 0.2) is 41.3 Å². The van der Waals surface area contributed by atoms with Crippen LogP contribution < -0.4 is 0 Å². The summed E-state index contributed by atoms with van der Waals surface area (Å²) in [5.74, 6) is 0.798. The lowest BCUT2D eigenvalue weighted by molar-refractivity contribution is 0.169. The molecule has 0 aliphatic heterocycles. The Morgan fingerprint density at radius 2 is 2.31 bits per heavy atom. The summed E-state index contributed by atoms with van der Waals surface area (Å²) < 4.78 is 5.22. The summed E-state index contributed by atoms with van der Waals surface area (Å²) in [7, 11) is 0. The van der Waals surface area contributed by atoms with Crippen LogP contribution in [0.1, 0.15) is 29.9 Å². The monoisotopic (exact) mass is 217 g/mol. The van der Waals surface area contributed by atoms with Gasteiger partial charge in [0.25, 0.3) is 0 Å². The Bertz CT molecular complexity index is 437. The maximum Gasteiger partial charge on any atom is 0.106 e. The first-order chi connectivity index (χ1) is 7.81. The first kappa shape index (κ1) is 10.9. The molecule has 2 aromatic heterocycles. The van der Waals surface area contributed by atoms with Gasteiger partial charge in [-0.15, -0.1) is 0 Å². The van der Waals surface area contributed by atoms with Gasteiger partial charge in [-0.25, -0.2) is 0 Å². The standard InChI is InChI=1S/C13H15NO2/c1-2-10-9-14-6-5-12(10)13(15)8-11-4-3-7-16-11/h3-7,9,13,15H,2,8H2,1H3. The molecule has 0 aliphatic carbocycles. The normalized spacial score (nSPS) is 12.6. The van der Waals surface area contributed by atoms with Gasteiger partial charge in [0, 0.05) is 18.8 Å². The Labute approximate surface area is 94.8 Å². The molecule has 0 radical (unpaired) electrons. The highest BCUT2D eigenvalue weighted by Gasteiger charge is 2.13.